The minimum absolute atomic E-state index is 0.287. The van der Waals surface area contributed by atoms with Crippen LogP contribution in [0.1, 0.15) is 5.69 Å². The number of pyridine rings is 1. The summed E-state index contributed by atoms with van der Waals surface area (Å²) in [6.07, 6.45) is -0.495. The van der Waals surface area contributed by atoms with E-state index in [0.29, 0.717) is 0 Å². The lowest BCUT2D eigenvalue weighted by molar-refractivity contribution is -0.142. The summed E-state index contributed by atoms with van der Waals surface area (Å²) in [7, 11) is 0. The summed E-state index contributed by atoms with van der Waals surface area (Å²) in [5, 5.41) is 3.61. The second-order valence-corrected chi connectivity index (χ2v) is 2.84. The molecule has 2 aromatic rings. The highest BCUT2D eigenvalue weighted by atomic mass is 19.4. The molecule has 0 amide bonds. The third-order valence-electron chi connectivity index (χ3n) is 1.82. The van der Waals surface area contributed by atoms with Crippen molar-refractivity contribution in [2.45, 2.75) is 6.18 Å². The van der Waals surface area contributed by atoms with E-state index in [1.54, 1.807) is 6.07 Å². The number of hydrogen-bond acceptors (Lipinski definition) is 2. The smallest absolute Gasteiger partial charge is 0.262 e. The second kappa shape index (κ2) is 3.38. The zero-order valence-electron chi connectivity index (χ0n) is 7.44. The molecule has 0 fully saturated rings. The lowest BCUT2D eigenvalue weighted by Crippen LogP contribution is -2.13. The molecular weight excluding hydrogens is 207 g/mol. The summed E-state index contributed by atoms with van der Waals surface area (Å²) < 4.78 is 38.3. The quantitative estimate of drug-likeness (QED) is 0.727. The molecule has 15 heavy (non-hydrogen) atoms. The van der Waals surface area contributed by atoms with Crippen LogP contribution in [0.3, 0.4) is 0 Å². The highest BCUT2D eigenvalue weighted by Gasteiger charge is 2.35. The first-order valence-electron chi connectivity index (χ1n) is 4.10. The van der Waals surface area contributed by atoms with Gasteiger partial charge in [0.2, 0.25) is 0 Å². The third kappa shape index (κ3) is 1.83. The van der Waals surface area contributed by atoms with Crippen LogP contribution in [0, 0.1) is 0 Å². The van der Waals surface area contributed by atoms with E-state index in [4.69, 9.17) is 0 Å². The molecule has 3 nitrogen and oxygen atoms in total. The van der Waals surface area contributed by atoms with Gasteiger partial charge >= 0.3 is 6.18 Å². The minimum Gasteiger partial charge on any atom is -0.262 e. The average molecular weight is 213 g/mol. The highest BCUT2D eigenvalue weighted by Crippen LogP contribution is 2.30. The standard InChI is InChI=1S/C9H6F3N3/c10-9(11,12)8-3-5-14-15(8)7-2-1-4-13-6-7/h1-6H. The summed E-state index contributed by atoms with van der Waals surface area (Å²) >= 11 is 0. The van der Waals surface area contributed by atoms with Crippen LogP contribution in [0.5, 0.6) is 0 Å². The molecule has 0 saturated heterocycles. The molecule has 0 atom stereocenters. The predicted molar refractivity (Wildman–Crippen MR) is 46.4 cm³/mol. The van der Waals surface area contributed by atoms with Gasteiger partial charge in [-0.3, -0.25) is 4.98 Å². The van der Waals surface area contributed by atoms with Gasteiger partial charge in [0, 0.05) is 6.20 Å². The maximum atomic E-state index is 12.5. The van der Waals surface area contributed by atoms with Crippen LogP contribution in [0.4, 0.5) is 13.2 Å². The summed E-state index contributed by atoms with van der Waals surface area (Å²) in [5.41, 5.74) is -0.523. The maximum absolute atomic E-state index is 12.5. The van der Waals surface area contributed by atoms with Gasteiger partial charge in [-0.1, -0.05) is 0 Å². The van der Waals surface area contributed by atoms with Crippen molar-refractivity contribution in [3.05, 3.63) is 42.5 Å². The monoisotopic (exact) mass is 213 g/mol. The summed E-state index contributed by atoms with van der Waals surface area (Å²) in [6, 6.07) is 3.99. The predicted octanol–water partition coefficient (Wildman–Crippen LogP) is 2.29. The van der Waals surface area contributed by atoms with Crippen molar-refractivity contribution < 1.29 is 13.2 Å². The fourth-order valence-electron chi connectivity index (χ4n) is 1.20. The third-order valence-corrected chi connectivity index (χ3v) is 1.82. The molecule has 0 spiro atoms. The first-order chi connectivity index (χ1) is 7.09. The first-order valence-corrected chi connectivity index (χ1v) is 4.10. The van der Waals surface area contributed by atoms with E-state index in [0.717, 1.165) is 16.9 Å². The molecule has 0 aliphatic heterocycles. The van der Waals surface area contributed by atoms with E-state index in [1.165, 1.54) is 18.5 Å². The SMILES string of the molecule is FC(F)(F)c1ccnn1-c1cccnc1. The van der Waals surface area contributed by atoms with Crippen molar-refractivity contribution in [1.82, 2.24) is 14.8 Å². The van der Waals surface area contributed by atoms with E-state index >= 15 is 0 Å². The summed E-state index contributed by atoms with van der Waals surface area (Å²) in [5.74, 6) is 0. The minimum atomic E-state index is -4.41. The van der Waals surface area contributed by atoms with Crippen LogP contribution < -0.4 is 0 Å². The van der Waals surface area contributed by atoms with Crippen molar-refractivity contribution in [3.8, 4) is 5.69 Å². The van der Waals surface area contributed by atoms with E-state index < -0.39 is 11.9 Å². The number of aromatic nitrogens is 3. The molecule has 2 heterocycles. The van der Waals surface area contributed by atoms with Gasteiger partial charge in [0.05, 0.1) is 18.1 Å². The van der Waals surface area contributed by atoms with Crippen LogP contribution in [-0.4, -0.2) is 14.8 Å². The summed E-state index contributed by atoms with van der Waals surface area (Å²) in [6.45, 7) is 0. The average Bonchev–Trinajstić information content (AvgIpc) is 2.67. The molecule has 0 aliphatic carbocycles. The molecular formula is C9H6F3N3. The van der Waals surface area contributed by atoms with Gasteiger partial charge in [-0.05, 0) is 18.2 Å². The number of halogens is 3. The highest BCUT2D eigenvalue weighted by molar-refractivity contribution is 5.29. The van der Waals surface area contributed by atoms with Crippen molar-refractivity contribution >= 4 is 0 Å². The van der Waals surface area contributed by atoms with Crippen molar-refractivity contribution in [3.63, 3.8) is 0 Å². The van der Waals surface area contributed by atoms with Gasteiger partial charge in [0.25, 0.3) is 0 Å². The Kier molecular flexibility index (Phi) is 2.18. The maximum Gasteiger partial charge on any atom is 0.433 e. The van der Waals surface area contributed by atoms with Gasteiger partial charge in [-0.25, -0.2) is 4.68 Å². The molecule has 78 valence electrons. The Hall–Kier alpha value is -1.85. The molecule has 0 aliphatic rings. The molecule has 2 rings (SSSR count). The van der Waals surface area contributed by atoms with E-state index in [-0.39, 0.29) is 5.69 Å². The fourth-order valence-corrected chi connectivity index (χ4v) is 1.20. The normalized spacial score (nSPS) is 11.7. The Morgan fingerprint density at radius 2 is 1.93 bits per heavy atom. The Bertz CT molecular complexity index is 447. The van der Waals surface area contributed by atoms with Crippen molar-refractivity contribution in [1.29, 1.82) is 0 Å². The number of hydrogen-bond donors (Lipinski definition) is 0. The van der Waals surface area contributed by atoms with Crippen LogP contribution in [-0.2, 0) is 6.18 Å². The fraction of sp³-hybridized carbons (Fsp3) is 0.111. The lowest BCUT2D eigenvalue weighted by Gasteiger charge is -2.09. The number of alkyl halides is 3. The van der Waals surface area contributed by atoms with E-state index in [2.05, 4.69) is 10.1 Å². The van der Waals surface area contributed by atoms with Crippen LogP contribution >= 0.6 is 0 Å². The Morgan fingerprint density at radius 1 is 1.13 bits per heavy atom. The Morgan fingerprint density at radius 3 is 2.53 bits per heavy atom. The molecule has 6 heteroatoms. The molecule has 0 aromatic carbocycles. The Labute approximate surface area is 83.2 Å². The van der Waals surface area contributed by atoms with Crippen molar-refractivity contribution in [2.24, 2.45) is 0 Å². The van der Waals surface area contributed by atoms with Gasteiger partial charge in [-0.2, -0.15) is 18.3 Å². The second-order valence-electron chi connectivity index (χ2n) is 2.84. The molecule has 2 aromatic heterocycles. The zero-order chi connectivity index (χ0) is 10.9. The van der Waals surface area contributed by atoms with Gasteiger partial charge < -0.3 is 0 Å². The summed E-state index contributed by atoms with van der Waals surface area (Å²) in [4.78, 5) is 3.74. The molecule has 0 saturated carbocycles. The van der Waals surface area contributed by atoms with Gasteiger partial charge in [-0.15, -0.1) is 0 Å². The number of rotatable bonds is 1. The Balaban J connectivity index is 2.51. The zero-order valence-corrected chi connectivity index (χ0v) is 7.44. The van der Waals surface area contributed by atoms with E-state index in [1.807, 2.05) is 0 Å². The van der Waals surface area contributed by atoms with Crippen LogP contribution in [0.25, 0.3) is 5.69 Å². The largest absolute Gasteiger partial charge is 0.433 e. The number of nitrogens with zero attached hydrogens (tertiary/aromatic N) is 3. The van der Waals surface area contributed by atoms with Gasteiger partial charge in [0.1, 0.15) is 5.69 Å². The molecule has 0 unspecified atom stereocenters. The molecule has 0 radical (unpaired) electrons. The van der Waals surface area contributed by atoms with Crippen molar-refractivity contribution in [2.75, 3.05) is 0 Å². The van der Waals surface area contributed by atoms with Crippen LogP contribution in [0.2, 0.25) is 0 Å². The lowest BCUT2D eigenvalue weighted by atomic mass is 10.4. The first kappa shape index (κ1) is 9.70. The van der Waals surface area contributed by atoms with Crippen LogP contribution in [0.15, 0.2) is 36.8 Å². The molecule has 0 bridgehead atoms. The molecule has 0 N–H and O–H groups in total. The topological polar surface area (TPSA) is 30.7 Å². The van der Waals surface area contributed by atoms with Gasteiger partial charge in [0.15, 0.2) is 0 Å². The van der Waals surface area contributed by atoms with E-state index in [9.17, 15) is 13.2 Å².